The first-order chi connectivity index (χ1) is 17.7. The van der Waals surface area contributed by atoms with Gasteiger partial charge >= 0.3 is 6.18 Å². The number of halogens is 3. The summed E-state index contributed by atoms with van der Waals surface area (Å²) in [7, 11) is 0. The van der Waals surface area contributed by atoms with Gasteiger partial charge in [0.05, 0.1) is 17.9 Å². The first kappa shape index (κ1) is 25.2. The summed E-state index contributed by atoms with van der Waals surface area (Å²) in [5.41, 5.74) is 5.46. The lowest BCUT2D eigenvalue weighted by atomic mass is 9.80. The summed E-state index contributed by atoms with van der Waals surface area (Å²) in [4.78, 5) is 26.8. The lowest BCUT2D eigenvalue weighted by Crippen LogP contribution is -2.48. The van der Waals surface area contributed by atoms with E-state index in [4.69, 9.17) is 15.5 Å². The number of alkyl halides is 3. The minimum atomic E-state index is -4.44. The van der Waals surface area contributed by atoms with Gasteiger partial charge in [0, 0.05) is 18.3 Å². The maximum atomic E-state index is 13.0. The summed E-state index contributed by atoms with van der Waals surface area (Å²) < 4.78 is 46.5. The molecule has 1 amide bonds. The summed E-state index contributed by atoms with van der Waals surface area (Å²) in [6.07, 6.45) is 2.51. The maximum Gasteiger partial charge on any atom is 0.416 e. The van der Waals surface area contributed by atoms with Crippen molar-refractivity contribution in [3.8, 4) is 0 Å². The zero-order valence-corrected chi connectivity index (χ0v) is 20.5. The summed E-state index contributed by atoms with van der Waals surface area (Å²) >= 11 is 0. The van der Waals surface area contributed by atoms with Gasteiger partial charge in [-0.1, -0.05) is 19.3 Å². The zero-order valence-electron chi connectivity index (χ0n) is 20.5. The Hall–Kier alpha value is -3.41. The fourth-order valence-corrected chi connectivity index (χ4v) is 5.33. The first-order valence-corrected chi connectivity index (χ1v) is 12.5. The van der Waals surface area contributed by atoms with Crippen molar-refractivity contribution in [3.63, 3.8) is 0 Å². The second-order valence-electron chi connectivity index (χ2n) is 9.88. The third-order valence-electron chi connectivity index (χ3n) is 7.25. The van der Waals surface area contributed by atoms with Crippen molar-refractivity contribution in [2.45, 2.75) is 75.7 Å². The Labute approximate surface area is 212 Å². The van der Waals surface area contributed by atoms with Gasteiger partial charge in [-0.3, -0.25) is 9.36 Å². The normalized spacial score (nSPS) is 22.1. The van der Waals surface area contributed by atoms with Crippen LogP contribution in [0.2, 0.25) is 0 Å². The minimum Gasteiger partial charge on any atom is -0.378 e. The summed E-state index contributed by atoms with van der Waals surface area (Å²) in [6, 6.07) is 4.79. The molecule has 4 N–H and O–H groups in total. The molecule has 9 nitrogen and oxygen atoms in total. The number of hydrogen-bond acceptors (Lipinski definition) is 7. The molecule has 1 saturated heterocycles. The SMILES string of the molecule is C[C@H]1C[C@@H](Nc2ncc3nc(Nc4ccc(C(F)(F)F)cc4)n(C4(C(N)=O)CCCCC4)c3n2)CCO1. The fourth-order valence-electron chi connectivity index (χ4n) is 5.33. The van der Waals surface area contributed by atoms with E-state index in [0.717, 1.165) is 44.2 Å². The number of carbonyl (C=O) groups excluding carboxylic acids is 1. The lowest BCUT2D eigenvalue weighted by Gasteiger charge is -2.36. The van der Waals surface area contributed by atoms with Crippen LogP contribution in [-0.4, -0.2) is 44.2 Å². The van der Waals surface area contributed by atoms with Gasteiger partial charge in [-0.05, 0) is 56.9 Å². The predicted molar refractivity (Wildman–Crippen MR) is 132 cm³/mol. The quantitative estimate of drug-likeness (QED) is 0.433. The van der Waals surface area contributed by atoms with E-state index in [1.165, 1.54) is 12.1 Å². The number of nitrogens with one attached hydrogen (secondary N) is 2. The molecule has 1 aliphatic heterocycles. The number of rotatable bonds is 6. The van der Waals surface area contributed by atoms with Crippen molar-refractivity contribution in [1.29, 1.82) is 0 Å². The van der Waals surface area contributed by atoms with Crippen LogP contribution in [0.5, 0.6) is 0 Å². The third-order valence-corrected chi connectivity index (χ3v) is 7.25. The Balaban J connectivity index is 1.56. The van der Waals surface area contributed by atoms with Crippen molar-refractivity contribution in [1.82, 2.24) is 19.5 Å². The Bertz CT molecular complexity index is 1270. The molecular formula is C25H30F3N7O2. The van der Waals surface area contributed by atoms with Crippen molar-refractivity contribution in [3.05, 3.63) is 36.0 Å². The highest BCUT2D eigenvalue weighted by Crippen LogP contribution is 2.40. The minimum absolute atomic E-state index is 0.125. The molecule has 198 valence electrons. The second-order valence-corrected chi connectivity index (χ2v) is 9.88. The van der Waals surface area contributed by atoms with Gasteiger partial charge in [-0.25, -0.2) is 9.97 Å². The highest BCUT2D eigenvalue weighted by Gasteiger charge is 2.43. The molecule has 0 bridgehead atoms. The van der Waals surface area contributed by atoms with E-state index in [-0.39, 0.29) is 18.1 Å². The molecule has 1 aromatic carbocycles. The van der Waals surface area contributed by atoms with Gasteiger partial charge in [0.25, 0.3) is 0 Å². The van der Waals surface area contributed by atoms with E-state index < -0.39 is 23.2 Å². The first-order valence-electron chi connectivity index (χ1n) is 12.5. The van der Waals surface area contributed by atoms with E-state index in [9.17, 15) is 18.0 Å². The Kier molecular flexibility index (Phi) is 6.69. The summed E-state index contributed by atoms with van der Waals surface area (Å²) in [5, 5.41) is 6.46. The van der Waals surface area contributed by atoms with E-state index in [2.05, 4.69) is 20.6 Å². The molecule has 3 aromatic rings. The fraction of sp³-hybridized carbons (Fsp3) is 0.520. The van der Waals surface area contributed by atoms with Crippen molar-refractivity contribution in [2.75, 3.05) is 17.2 Å². The average Bonchev–Trinajstić information content (AvgIpc) is 3.21. The molecule has 2 aliphatic rings. The van der Waals surface area contributed by atoms with Gasteiger partial charge in [-0.2, -0.15) is 18.2 Å². The topological polar surface area (TPSA) is 120 Å². The van der Waals surface area contributed by atoms with E-state index in [0.29, 0.717) is 42.2 Å². The van der Waals surface area contributed by atoms with Crippen LogP contribution in [0.25, 0.3) is 11.2 Å². The van der Waals surface area contributed by atoms with Crippen LogP contribution in [0.1, 0.15) is 57.4 Å². The number of hydrogen-bond donors (Lipinski definition) is 3. The highest BCUT2D eigenvalue weighted by molar-refractivity contribution is 5.87. The highest BCUT2D eigenvalue weighted by atomic mass is 19.4. The maximum absolute atomic E-state index is 13.0. The molecule has 2 atom stereocenters. The number of ether oxygens (including phenoxy) is 1. The second kappa shape index (κ2) is 9.81. The van der Waals surface area contributed by atoms with Crippen molar-refractivity contribution < 1.29 is 22.7 Å². The van der Waals surface area contributed by atoms with Gasteiger partial charge in [0.1, 0.15) is 11.1 Å². The summed E-state index contributed by atoms with van der Waals surface area (Å²) in [6.45, 7) is 2.66. The molecule has 2 aromatic heterocycles. The number of anilines is 3. The number of imidazole rings is 1. The number of fused-ring (bicyclic) bond motifs is 1. The molecule has 3 heterocycles. The Morgan fingerprint density at radius 3 is 2.54 bits per heavy atom. The molecular weight excluding hydrogens is 487 g/mol. The lowest BCUT2D eigenvalue weighted by molar-refractivity contribution is -0.137. The van der Waals surface area contributed by atoms with Gasteiger partial charge in [-0.15, -0.1) is 0 Å². The number of amides is 1. The molecule has 12 heteroatoms. The Morgan fingerprint density at radius 1 is 1.16 bits per heavy atom. The molecule has 1 saturated carbocycles. The van der Waals surface area contributed by atoms with E-state index >= 15 is 0 Å². The van der Waals surface area contributed by atoms with Crippen LogP contribution < -0.4 is 16.4 Å². The molecule has 0 radical (unpaired) electrons. The van der Waals surface area contributed by atoms with Crippen LogP contribution >= 0.6 is 0 Å². The van der Waals surface area contributed by atoms with E-state index in [1.54, 1.807) is 10.8 Å². The van der Waals surface area contributed by atoms with Crippen LogP contribution in [0.4, 0.5) is 30.8 Å². The monoisotopic (exact) mass is 517 g/mol. The number of benzene rings is 1. The van der Waals surface area contributed by atoms with E-state index in [1.807, 2.05) is 6.92 Å². The smallest absolute Gasteiger partial charge is 0.378 e. The number of nitrogens with zero attached hydrogens (tertiary/aromatic N) is 4. The number of nitrogens with two attached hydrogens (primary N) is 1. The largest absolute Gasteiger partial charge is 0.416 e. The third kappa shape index (κ3) is 5.07. The van der Waals surface area contributed by atoms with Crippen LogP contribution in [0.3, 0.4) is 0 Å². The molecule has 1 aliphatic carbocycles. The van der Waals surface area contributed by atoms with Gasteiger partial charge in [0.15, 0.2) is 5.65 Å². The number of primary amides is 1. The predicted octanol–water partition coefficient (Wildman–Crippen LogP) is 4.71. The van der Waals surface area contributed by atoms with Crippen LogP contribution in [0, 0.1) is 0 Å². The van der Waals surface area contributed by atoms with Gasteiger partial charge < -0.3 is 21.1 Å². The average molecular weight is 518 g/mol. The standard InChI is InChI=1S/C25H30F3N7O2/c1-15-13-18(9-12-37-15)31-22-30-14-19-20(34-22)35(24(21(29)36)10-3-2-4-11-24)23(33-19)32-17-7-5-16(6-8-17)25(26,27)28/h5-8,14-15,18H,2-4,9-13H2,1H3,(H2,29,36)(H,32,33)(H,30,31,34)/t15-,18-/m0/s1. The van der Waals surface area contributed by atoms with Crippen LogP contribution in [0.15, 0.2) is 30.5 Å². The van der Waals surface area contributed by atoms with Gasteiger partial charge in [0.2, 0.25) is 17.8 Å². The molecule has 2 fully saturated rings. The molecule has 0 unspecified atom stereocenters. The van der Waals surface area contributed by atoms with Crippen molar-refractivity contribution >= 4 is 34.7 Å². The number of carbonyl (C=O) groups is 1. The van der Waals surface area contributed by atoms with Crippen molar-refractivity contribution in [2.24, 2.45) is 5.73 Å². The zero-order chi connectivity index (χ0) is 26.2. The number of aromatic nitrogens is 4. The molecule has 5 rings (SSSR count). The summed E-state index contributed by atoms with van der Waals surface area (Å²) in [5.74, 6) is 0.194. The Morgan fingerprint density at radius 2 is 1.89 bits per heavy atom. The molecule has 37 heavy (non-hydrogen) atoms. The molecule has 0 spiro atoms. The van der Waals surface area contributed by atoms with Crippen LogP contribution in [-0.2, 0) is 21.2 Å².